The Morgan fingerprint density at radius 2 is 2.50 bits per heavy atom. The summed E-state index contributed by atoms with van der Waals surface area (Å²) in [5, 5.41) is 8.24. The van der Waals surface area contributed by atoms with E-state index in [4.69, 9.17) is 5.11 Å². The SMILES string of the molecule is OCC(S)COC=S. The van der Waals surface area contributed by atoms with E-state index in [0.29, 0.717) is 6.61 Å². The fourth-order valence-electron chi connectivity index (χ4n) is 0.203. The number of aliphatic hydroxyl groups excluding tert-OH is 1. The molecule has 1 atom stereocenters. The molecule has 0 aliphatic heterocycles. The summed E-state index contributed by atoms with van der Waals surface area (Å²) in [7, 11) is 0. The van der Waals surface area contributed by atoms with Crippen LogP contribution in [0.3, 0.4) is 0 Å². The van der Waals surface area contributed by atoms with E-state index in [2.05, 4.69) is 29.6 Å². The molecule has 2 nitrogen and oxygen atoms in total. The highest BCUT2D eigenvalue weighted by Gasteiger charge is 1.97. The lowest BCUT2D eigenvalue weighted by atomic mass is 10.5. The topological polar surface area (TPSA) is 29.5 Å². The third kappa shape index (κ3) is 4.36. The molecule has 0 aliphatic carbocycles. The second-order valence-corrected chi connectivity index (χ2v) is 2.19. The van der Waals surface area contributed by atoms with E-state index in [1.165, 1.54) is 5.55 Å². The Balaban J connectivity index is 2.97. The van der Waals surface area contributed by atoms with Crippen LogP contribution in [0.1, 0.15) is 0 Å². The summed E-state index contributed by atoms with van der Waals surface area (Å²) in [5.74, 6) is 0. The lowest BCUT2D eigenvalue weighted by molar-refractivity contribution is 0.243. The van der Waals surface area contributed by atoms with Gasteiger partial charge in [0.1, 0.15) is 12.2 Å². The molecule has 8 heavy (non-hydrogen) atoms. The van der Waals surface area contributed by atoms with Crippen molar-refractivity contribution in [3.8, 4) is 0 Å². The molecular weight excluding hydrogens is 144 g/mol. The molecule has 0 amide bonds. The summed E-state index contributed by atoms with van der Waals surface area (Å²) in [5.41, 5.74) is 1.17. The van der Waals surface area contributed by atoms with Crippen molar-refractivity contribution < 1.29 is 9.84 Å². The Morgan fingerprint density at radius 3 is 2.88 bits per heavy atom. The maximum Gasteiger partial charge on any atom is 0.146 e. The summed E-state index contributed by atoms with van der Waals surface area (Å²) < 4.78 is 4.64. The zero-order valence-electron chi connectivity index (χ0n) is 4.28. The van der Waals surface area contributed by atoms with Crippen molar-refractivity contribution in [2.45, 2.75) is 5.25 Å². The predicted molar refractivity (Wildman–Crippen MR) is 39.5 cm³/mol. The van der Waals surface area contributed by atoms with E-state index in [-0.39, 0.29) is 11.9 Å². The lowest BCUT2D eigenvalue weighted by Gasteiger charge is -2.03. The first-order chi connectivity index (χ1) is 3.81. The number of aliphatic hydroxyl groups is 1. The van der Waals surface area contributed by atoms with Gasteiger partial charge in [-0.1, -0.05) is 0 Å². The molecule has 0 radical (unpaired) electrons. The zero-order chi connectivity index (χ0) is 6.41. The molecule has 0 saturated carbocycles. The Labute approximate surface area is 59.3 Å². The van der Waals surface area contributed by atoms with Crippen LogP contribution in [0.2, 0.25) is 0 Å². The Kier molecular flexibility index (Phi) is 5.47. The van der Waals surface area contributed by atoms with Crippen LogP contribution in [0.4, 0.5) is 0 Å². The molecular formula is C4H8O2S2. The van der Waals surface area contributed by atoms with Crippen molar-refractivity contribution in [2.75, 3.05) is 13.2 Å². The highest BCUT2D eigenvalue weighted by Crippen LogP contribution is 1.91. The van der Waals surface area contributed by atoms with Crippen molar-refractivity contribution in [3.05, 3.63) is 0 Å². The van der Waals surface area contributed by atoms with Gasteiger partial charge in [-0.25, -0.2) is 0 Å². The molecule has 0 fully saturated rings. The molecule has 0 aromatic carbocycles. The number of ether oxygens (including phenoxy) is 1. The molecule has 4 heteroatoms. The van der Waals surface area contributed by atoms with Gasteiger partial charge in [-0.15, -0.1) is 0 Å². The monoisotopic (exact) mass is 152 g/mol. The average molecular weight is 152 g/mol. The fraction of sp³-hybridized carbons (Fsp3) is 0.750. The molecule has 0 bridgehead atoms. The number of rotatable bonds is 4. The summed E-state index contributed by atoms with van der Waals surface area (Å²) in [6, 6.07) is 0. The number of hydrogen-bond acceptors (Lipinski definition) is 4. The van der Waals surface area contributed by atoms with Gasteiger partial charge < -0.3 is 9.84 Å². The van der Waals surface area contributed by atoms with Gasteiger partial charge >= 0.3 is 0 Å². The summed E-state index contributed by atoms with van der Waals surface area (Å²) >= 11 is 8.28. The highest BCUT2D eigenvalue weighted by atomic mass is 32.1. The number of thiocarbonyl (C=S) groups is 1. The third-order valence-electron chi connectivity index (χ3n) is 0.567. The van der Waals surface area contributed by atoms with Crippen LogP contribution < -0.4 is 0 Å². The van der Waals surface area contributed by atoms with Crippen molar-refractivity contribution >= 4 is 30.4 Å². The van der Waals surface area contributed by atoms with Crippen LogP contribution in [0, 0.1) is 0 Å². The molecule has 0 heterocycles. The van der Waals surface area contributed by atoms with Gasteiger partial charge in [0.15, 0.2) is 0 Å². The normalized spacial score (nSPS) is 12.8. The largest absolute Gasteiger partial charge is 0.489 e. The Bertz CT molecular complexity index is 67.1. The van der Waals surface area contributed by atoms with Crippen LogP contribution in [0.15, 0.2) is 0 Å². The standard InChI is InChI=1S/C4H8O2S2/c5-1-4(8)2-6-3-7/h3-5,8H,1-2H2. The fourth-order valence-corrected chi connectivity index (χ4v) is 0.368. The summed E-state index contributed by atoms with van der Waals surface area (Å²) in [4.78, 5) is 0. The number of hydrogen-bond donors (Lipinski definition) is 2. The quantitative estimate of drug-likeness (QED) is 0.447. The van der Waals surface area contributed by atoms with Gasteiger partial charge in [-0.2, -0.15) is 12.6 Å². The zero-order valence-corrected chi connectivity index (χ0v) is 5.99. The van der Waals surface area contributed by atoms with Gasteiger partial charge in [0.05, 0.1) is 11.9 Å². The Hall–Kier alpha value is 0.200. The van der Waals surface area contributed by atoms with Crippen LogP contribution in [-0.4, -0.2) is 29.1 Å². The predicted octanol–water partition coefficient (Wildman–Crippen LogP) is 0.251. The smallest absolute Gasteiger partial charge is 0.146 e. The van der Waals surface area contributed by atoms with Crippen LogP contribution >= 0.6 is 24.8 Å². The molecule has 0 saturated heterocycles. The van der Waals surface area contributed by atoms with Crippen LogP contribution in [0.25, 0.3) is 0 Å². The van der Waals surface area contributed by atoms with Gasteiger partial charge in [0, 0.05) is 0 Å². The van der Waals surface area contributed by atoms with Gasteiger partial charge in [-0.05, 0) is 12.2 Å². The summed E-state index contributed by atoms with van der Waals surface area (Å²) in [6.07, 6.45) is 0. The molecule has 0 rings (SSSR count). The maximum atomic E-state index is 8.36. The van der Waals surface area contributed by atoms with Crippen molar-refractivity contribution in [2.24, 2.45) is 0 Å². The van der Waals surface area contributed by atoms with Crippen LogP contribution in [0.5, 0.6) is 0 Å². The minimum Gasteiger partial charge on any atom is -0.489 e. The van der Waals surface area contributed by atoms with E-state index in [0.717, 1.165) is 0 Å². The molecule has 1 unspecified atom stereocenters. The number of thiol groups is 1. The maximum absolute atomic E-state index is 8.36. The Morgan fingerprint density at radius 1 is 1.88 bits per heavy atom. The van der Waals surface area contributed by atoms with Gasteiger partial charge in [0.2, 0.25) is 0 Å². The van der Waals surface area contributed by atoms with E-state index < -0.39 is 0 Å². The highest BCUT2D eigenvalue weighted by molar-refractivity contribution is 7.81. The van der Waals surface area contributed by atoms with E-state index in [9.17, 15) is 0 Å². The first-order valence-corrected chi connectivity index (χ1v) is 3.14. The first-order valence-electron chi connectivity index (χ1n) is 2.15. The van der Waals surface area contributed by atoms with Crippen molar-refractivity contribution in [3.63, 3.8) is 0 Å². The molecule has 0 spiro atoms. The summed E-state index contributed by atoms with van der Waals surface area (Å²) in [6.45, 7) is 0.398. The molecule has 1 N–H and O–H groups in total. The molecule has 48 valence electrons. The second-order valence-electron chi connectivity index (χ2n) is 1.27. The third-order valence-corrected chi connectivity index (χ3v) is 1.02. The van der Waals surface area contributed by atoms with Gasteiger partial charge in [-0.3, -0.25) is 0 Å². The first kappa shape index (κ1) is 8.20. The average Bonchev–Trinajstić information content (AvgIpc) is 1.83. The minimum absolute atomic E-state index is 0.0201. The second kappa shape index (κ2) is 5.34. The van der Waals surface area contributed by atoms with E-state index in [1.807, 2.05) is 0 Å². The van der Waals surface area contributed by atoms with E-state index in [1.54, 1.807) is 0 Å². The van der Waals surface area contributed by atoms with Crippen LogP contribution in [-0.2, 0) is 4.74 Å². The molecule has 0 aromatic heterocycles. The van der Waals surface area contributed by atoms with Crippen molar-refractivity contribution in [1.29, 1.82) is 0 Å². The molecule has 0 aliphatic rings. The minimum atomic E-state index is -0.116. The van der Waals surface area contributed by atoms with E-state index >= 15 is 0 Å². The van der Waals surface area contributed by atoms with Crippen molar-refractivity contribution in [1.82, 2.24) is 0 Å². The lowest BCUT2D eigenvalue weighted by Crippen LogP contribution is -2.12. The van der Waals surface area contributed by atoms with Gasteiger partial charge in [0.25, 0.3) is 0 Å². The molecule has 0 aromatic rings.